The van der Waals surface area contributed by atoms with E-state index >= 15 is 0 Å². The van der Waals surface area contributed by atoms with Crippen molar-refractivity contribution in [2.75, 3.05) is 31.1 Å². The summed E-state index contributed by atoms with van der Waals surface area (Å²) in [5.74, 6) is 1.57. The van der Waals surface area contributed by atoms with E-state index in [0.29, 0.717) is 52.7 Å². The molecular formula is C39H43Cl2N7O6S2. The maximum absolute atomic E-state index is 13.3. The minimum atomic E-state index is -3.82. The van der Waals surface area contributed by atoms with Crippen molar-refractivity contribution in [3.05, 3.63) is 99.9 Å². The molecule has 3 aromatic carbocycles. The number of anilines is 1. The van der Waals surface area contributed by atoms with Crippen LogP contribution in [0.3, 0.4) is 0 Å². The van der Waals surface area contributed by atoms with Crippen molar-refractivity contribution in [3.63, 3.8) is 0 Å². The SMILES string of the molecule is C[C@@H](O)c1nccc(N2C[C@@H]3C[C@H]2CN3S(=O)(=O)c2ccc(C(C)(C)C)cc2)n1.N#Cc1ccc(Oc2cc(Cl)cc(Cl)c2)c(S(=O)(=O)N2CC3CC2CN3)c1. The molecule has 4 aliphatic rings. The molecule has 8 rings (SSSR count). The molecule has 5 heterocycles. The van der Waals surface area contributed by atoms with Crippen molar-refractivity contribution in [2.45, 2.75) is 86.0 Å². The van der Waals surface area contributed by atoms with Gasteiger partial charge in [0.15, 0.2) is 5.82 Å². The maximum atomic E-state index is 13.3. The predicted molar refractivity (Wildman–Crippen MR) is 213 cm³/mol. The summed E-state index contributed by atoms with van der Waals surface area (Å²) in [6, 6.07) is 20.1. The molecule has 0 amide bonds. The summed E-state index contributed by atoms with van der Waals surface area (Å²) in [7, 11) is -7.35. The van der Waals surface area contributed by atoms with Gasteiger partial charge in [0.1, 0.15) is 28.3 Å². The number of sulfonamides is 2. The highest BCUT2D eigenvalue weighted by Gasteiger charge is 2.49. The molecule has 1 aromatic heterocycles. The fourth-order valence-electron chi connectivity index (χ4n) is 7.71. The molecule has 0 spiro atoms. The van der Waals surface area contributed by atoms with Crippen LogP contribution in [0.2, 0.25) is 10.0 Å². The molecule has 4 saturated heterocycles. The number of aliphatic hydroxyl groups is 1. The second kappa shape index (κ2) is 15.5. The molecular weight excluding hydrogens is 798 g/mol. The lowest BCUT2D eigenvalue weighted by molar-refractivity contribution is 0.189. The lowest BCUT2D eigenvalue weighted by Gasteiger charge is -2.34. The van der Waals surface area contributed by atoms with Crippen LogP contribution in [0.4, 0.5) is 5.82 Å². The van der Waals surface area contributed by atoms with Gasteiger partial charge in [-0.25, -0.2) is 26.8 Å². The van der Waals surface area contributed by atoms with Crippen LogP contribution in [0.15, 0.2) is 82.7 Å². The van der Waals surface area contributed by atoms with E-state index < -0.39 is 26.2 Å². The third-order valence-electron chi connectivity index (χ3n) is 10.6. The maximum Gasteiger partial charge on any atom is 0.247 e. The number of nitriles is 1. The molecule has 4 aromatic rings. The molecule has 296 valence electrons. The molecule has 2 N–H and O–H groups in total. The normalized spacial score (nSPS) is 22.8. The van der Waals surface area contributed by atoms with Crippen LogP contribution in [0.1, 0.15) is 63.6 Å². The van der Waals surface area contributed by atoms with E-state index in [1.807, 2.05) is 24.3 Å². The fraction of sp³-hybridized carbons (Fsp3) is 0.410. The average Bonchev–Trinajstić information content (AvgIpc) is 3.98. The number of aliphatic hydroxyl groups excluding tert-OH is 1. The lowest BCUT2D eigenvalue weighted by Crippen LogP contribution is -2.49. The second-order valence-electron chi connectivity index (χ2n) is 15.5. The van der Waals surface area contributed by atoms with Crippen LogP contribution in [0.5, 0.6) is 11.5 Å². The Balaban J connectivity index is 0.000000172. The molecule has 13 nitrogen and oxygen atoms in total. The van der Waals surface area contributed by atoms with Gasteiger partial charge in [0.2, 0.25) is 20.0 Å². The van der Waals surface area contributed by atoms with Crippen LogP contribution in [-0.4, -0.2) is 90.9 Å². The third kappa shape index (κ3) is 8.12. The van der Waals surface area contributed by atoms with Crippen molar-refractivity contribution in [2.24, 2.45) is 0 Å². The number of hydrogen-bond donors (Lipinski definition) is 2. The van der Waals surface area contributed by atoms with Gasteiger partial charge in [-0.3, -0.25) is 0 Å². The van der Waals surface area contributed by atoms with Crippen LogP contribution in [0.25, 0.3) is 0 Å². The molecule has 4 fully saturated rings. The van der Waals surface area contributed by atoms with Crippen LogP contribution >= 0.6 is 23.2 Å². The number of piperazine rings is 2. The summed E-state index contributed by atoms with van der Waals surface area (Å²) >= 11 is 12.0. The Hall–Kier alpha value is -3.85. The number of hydrogen-bond acceptors (Lipinski definition) is 11. The van der Waals surface area contributed by atoms with Gasteiger partial charge in [-0.1, -0.05) is 56.1 Å². The monoisotopic (exact) mass is 839 g/mol. The Morgan fingerprint density at radius 3 is 2.16 bits per heavy atom. The fourth-order valence-corrected chi connectivity index (χ4v) is 11.7. The van der Waals surface area contributed by atoms with E-state index in [4.69, 9.17) is 27.9 Å². The smallest absolute Gasteiger partial charge is 0.247 e. The summed E-state index contributed by atoms with van der Waals surface area (Å²) in [4.78, 5) is 11.0. The van der Waals surface area contributed by atoms with Crippen molar-refractivity contribution in [1.82, 2.24) is 23.9 Å². The van der Waals surface area contributed by atoms with Crippen molar-refractivity contribution in [3.8, 4) is 17.6 Å². The number of rotatable bonds is 8. The van der Waals surface area contributed by atoms with E-state index in [1.165, 1.54) is 22.5 Å². The number of ether oxygens (including phenoxy) is 1. The zero-order valence-corrected chi connectivity index (χ0v) is 34.4. The highest BCUT2D eigenvalue weighted by molar-refractivity contribution is 7.89. The number of aromatic nitrogens is 2. The minimum absolute atomic E-state index is 0.0159. The second-order valence-corrected chi connectivity index (χ2v) is 20.2. The molecule has 0 saturated carbocycles. The van der Waals surface area contributed by atoms with E-state index in [1.54, 1.807) is 47.8 Å². The van der Waals surface area contributed by atoms with Gasteiger partial charge in [-0.05, 0) is 85.3 Å². The quantitative estimate of drug-likeness (QED) is 0.218. The van der Waals surface area contributed by atoms with Gasteiger partial charge < -0.3 is 20.1 Å². The number of fused-ring (bicyclic) bond motifs is 4. The Morgan fingerprint density at radius 2 is 1.59 bits per heavy atom. The summed E-state index contributed by atoms with van der Waals surface area (Å²) in [5, 5.41) is 23.0. The summed E-state index contributed by atoms with van der Waals surface area (Å²) in [5.41, 5.74) is 1.34. The van der Waals surface area contributed by atoms with Gasteiger partial charge >= 0.3 is 0 Å². The van der Waals surface area contributed by atoms with Gasteiger partial charge in [-0.2, -0.15) is 13.9 Å². The standard InChI is InChI=1S/C21H28N4O3S.C18H15Cl2N3O3S/c1-14(26)20-22-10-9-19(23-20)24-12-17-11-16(24)13-25(17)29(27,28)18-7-5-15(6-8-18)21(2,3)4;19-12-4-13(20)6-16(5-12)26-17-2-1-11(8-21)3-18(17)27(24,25)23-10-14-7-15(23)9-22-14/h5-10,14,16-17,26H,11-13H2,1-4H3;1-6,14-15,22H,7,9-10H2/t14-,16+,17+;/m1./s1. The van der Waals surface area contributed by atoms with Gasteiger partial charge in [0, 0.05) is 66.6 Å². The first kappa shape index (κ1) is 40.4. The lowest BCUT2D eigenvalue weighted by atomic mass is 9.87. The van der Waals surface area contributed by atoms with Crippen molar-refractivity contribution < 1.29 is 26.7 Å². The summed E-state index contributed by atoms with van der Waals surface area (Å²) in [6.07, 6.45) is 2.48. The first-order valence-corrected chi connectivity index (χ1v) is 21.9. The number of halogens is 2. The molecule has 2 unspecified atom stereocenters. The van der Waals surface area contributed by atoms with Gasteiger partial charge in [0.25, 0.3) is 0 Å². The van der Waals surface area contributed by atoms with Crippen LogP contribution in [-0.2, 0) is 25.5 Å². The highest BCUT2D eigenvalue weighted by Crippen LogP contribution is 2.39. The van der Waals surface area contributed by atoms with E-state index in [0.717, 1.165) is 24.2 Å². The molecule has 0 aliphatic carbocycles. The molecule has 4 bridgehead atoms. The molecule has 56 heavy (non-hydrogen) atoms. The average molecular weight is 841 g/mol. The highest BCUT2D eigenvalue weighted by atomic mass is 35.5. The molecule has 4 aliphatic heterocycles. The Kier molecular flexibility index (Phi) is 11.2. The number of nitrogens with zero attached hydrogens (tertiary/aromatic N) is 6. The largest absolute Gasteiger partial charge is 0.456 e. The zero-order chi connectivity index (χ0) is 40.2. The van der Waals surface area contributed by atoms with Gasteiger partial charge in [0.05, 0.1) is 16.5 Å². The Labute approximate surface area is 337 Å². The van der Waals surface area contributed by atoms with E-state index in [9.17, 15) is 27.2 Å². The van der Waals surface area contributed by atoms with Crippen LogP contribution < -0.4 is 15.0 Å². The van der Waals surface area contributed by atoms with E-state index in [2.05, 4.69) is 41.0 Å². The van der Waals surface area contributed by atoms with Crippen molar-refractivity contribution >= 4 is 49.1 Å². The topological polar surface area (TPSA) is 169 Å². The van der Waals surface area contributed by atoms with Crippen molar-refractivity contribution in [1.29, 1.82) is 5.26 Å². The van der Waals surface area contributed by atoms with E-state index in [-0.39, 0.29) is 45.8 Å². The third-order valence-corrected chi connectivity index (χ3v) is 14.9. The van der Waals surface area contributed by atoms with Gasteiger partial charge in [-0.15, -0.1) is 0 Å². The number of nitrogens with one attached hydrogen (secondary N) is 1. The van der Waals surface area contributed by atoms with Crippen LogP contribution in [0, 0.1) is 11.3 Å². The number of benzene rings is 3. The first-order chi connectivity index (χ1) is 26.4. The first-order valence-electron chi connectivity index (χ1n) is 18.3. The minimum Gasteiger partial charge on any atom is -0.456 e. The molecule has 5 atom stereocenters. The Morgan fingerprint density at radius 1 is 0.893 bits per heavy atom. The summed E-state index contributed by atoms with van der Waals surface area (Å²) in [6.45, 7) is 10.0. The predicted octanol–water partition coefficient (Wildman–Crippen LogP) is 5.87. The summed E-state index contributed by atoms with van der Waals surface area (Å²) < 4.78 is 62.0. The Bertz CT molecular complexity index is 2370. The zero-order valence-electron chi connectivity index (χ0n) is 31.3. The molecule has 17 heteroatoms. The molecule has 0 radical (unpaired) electrons.